The van der Waals surface area contributed by atoms with Crippen LogP contribution in [0.2, 0.25) is 10.0 Å². The summed E-state index contributed by atoms with van der Waals surface area (Å²) in [6.07, 6.45) is 1.70. The first-order valence-corrected chi connectivity index (χ1v) is 10.9. The highest BCUT2D eigenvalue weighted by atomic mass is 35.5. The Morgan fingerprint density at radius 1 is 1.17 bits per heavy atom. The van der Waals surface area contributed by atoms with Gasteiger partial charge in [0.25, 0.3) is 5.91 Å². The fourth-order valence-corrected chi connectivity index (χ4v) is 4.51. The molecule has 0 unspecified atom stereocenters. The van der Waals surface area contributed by atoms with Gasteiger partial charge in [0.05, 0.1) is 33.0 Å². The molecule has 1 atom stereocenters. The molecule has 4 aromatic rings. The molecule has 5 nitrogen and oxygen atoms in total. The van der Waals surface area contributed by atoms with E-state index in [9.17, 15) is 4.79 Å². The van der Waals surface area contributed by atoms with Crippen molar-refractivity contribution in [2.24, 2.45) is 0 Å². The Bertz CT molecular complexity index is 1190. The maximum absolute atomic E-state index is 13.1. The topological polar surface area (TPSA) is 59.8 Å². The van der Waals surface area contributed by atoms with Gasteiger partial charge in [0, 0.05) is 16.8 Å². The van der Waals surface area contributed by atoms with Crippen LogP contribution in [0.4, 0.5) is 0 Å². The Hall–Kier alpha value is -2.67. The predicted molar refractivity (Wildman–Crippen MR) is 122 cm³/mol. The molecule has 1 aromatic carbocycles. The fourth-order valence-electron chi connectivity index (χ4n) is 3.21. The zero-order valence-corrected chi connectivity index (χ0v) is 18.6. The molecule has 3 heterocycles. The second-order valence-corrected chi connectivity index (χ2v) is 8.55. The highest BCUT2D eigenvalue weighted by Gasteiger charge is 2.24. The average Bonchev–Trinajstić information content (AvgIpc) is 3.36. The highest BCUT2D eigenvalue weighted by molar-refractivity contribution is 7.13. The predicted octanol–water partition coefficient (Wildman–Crippen LogP) is 6.10. The quantitative estimate of drug-likeness (QED) is 0.394. The summed E-state index contributed by atoms with van der Waals surface area (Å²) in [6.45, 7) is 3.78. The van der Waals surface area contributed by atoms with Gasteiger partial charge in [-0.05, 0) is 55.6 Å². The Labute approximate surface area is 188 Å². The minimum Gasteiger partial charge on any atom is -0.343 e. The van der Waals surface area contributed by atoms with E-state index in [4.69, 9.17) is 23.2 Å². The number of benzene rings is 1. The Balaban J connectivity index is 1.77. The lowest BCUT2D eigenvalue weighted by Crippen LogP contribution is -2.28. The van der Waals surface area contributed by atoms with Crippen LogP contribution in [0.1, 0.15) is 34.7 Å². The van der Waals surface area contributed by atoms with Crippen LogP contribution in [0, 0.1) is 6.92 Å². The number of halogens is 2. The molecular weight excluding hydrogens is 439 g/mol. The zero-order valence-electron chi connectivity index (χ0n) is 16.3. The molecule has 3 aromatic heterocycles. The van der Waals surface area contributed by atoms with Gasteiger partial charge >= 0.3 is 0 Å². The van der Waals surface area contributed by atoms with Crippen LogP contribution in [0.5, 0.6) is 0 Å². The van der Waals surface area contributed by atoms with Gasteiger partial charge in [-0.3, -0.25) is 9.78 Å². The second-order valence-electron chi connectivity index (χ2n) is 6.76. The first kappa shape index (κ1) is 20.6. The van der Waals surface area contributed by atoms with Gasteiger partial charge in [0.2, 0.25) is 0 Å². The molecule has 0 radical (unpaired) electrons. The van der Waals surface area contributed by atoms with Gasteiger partial charge in [-0.2, -0.15) is 5.10 Å². The molecule has 30 heavy (non-hydrogen) atoms. The molecule has 4 rings (SSSR count). The van der Waals surface area contributed by atoms with Crippen LogP contribution in [-0.4, -0.2) is 20.7 Å². The largest absolute Gasteiger partial charge is 0.343 e. The summed E-state index contributed by atoms with van der Waals surface area (Å²) in [5.41, 5.74) is 3.37. The van der Waals surface area contributed by atoms with Crippen molar-refractivity contribution < 1.29 is 4.79 Å². The molecule has 0 saturated heterocycles. The molecule has 0 aliphatic rings. The van der Waals surface area contributed by atoms with Crippen molar-refractivity contribution in [2.45, 2.75) is 19.9 Å². The molecule has 1 N–H and O–H groups in total. The van der Waals surface area contributed by atoms with Crippen molar-refractivity contribution in [1.29, 1.82) is 0 Å². The van der Waals surface area contributed by atoms with E-state index in [0.717, 1.165) is 21.8 Å². The summed E-state index contributed by atoms with van der Waals surface area (Å²) in [5.74, 6) is -0.271. The van der Waals surface area contributed by atoms with Crippen molar-refractivity contribution in [2.75, 3.05) is 0 Å². The molecule has 152 valence electrons. The summed E-state index contributed by atoms with van der Waals surface area (Å²) in [4.78, 5) is 18.4. The SMILES string of the molecule is Cc1c(C(=O)N[C@@H](C)c2ccccn2)nn(-c2ccc(Cl)cc2Cl)c1-c1cccs1. The van der Waals surface area contributed by atoms with Gasteiger partial charge in [0.15, 0.2) is 5.69 Å². The van der Waals surface area contributed by atoms with Crippen LogP contribution < -0.4 is 5.32 Å². The number of amides is 1. The van der Waals surface area contributed by atoms with Crippen molar-refractivity contribution in [1.82, 2.24) is 20.1 Å². The van der Waals surface area contributed by atoms with Gasteiger partial charge < -0.3 is 5.32 Å². The number of carbonyl (C=O) groups excluding carboxylic acids is 1. The van der Waals surface area contributed by atoms with Gasteiger partial charge in [-0.1, -0.05) is 35.3 Å². The minimum atomic E-state index is -0.271. The Morgan fingerprint density at radius 2 is 2.00 bits per heavy atom. The highest BCUT2D eigenvalue weighted by Crippen LogP contribution is 2.34. The third-order valence-electron chi connectivity index (χ3n) is 4.71. The average molecular weight is 457 g/mol. The lowest BCUT2D eigenvalue weighted by Gasteiger charge is -2.12. The molecule has 0 bridgehead atoms. The molecule has 8 heteroatoms. The molecule has 0 fully saturated rings. The van der Waals surface area contributed by atoms with Crippen molar-refractivity contribution >= 4 is 40.4 Å². The van der Waals surface area contributed by atoms with Crippen LogP contribution in [-0.2, 0) is 0 Å². The summed E-state index contributed by atoms with van der Waals surface area (Å²) in [7, 11) is 0. The van der Waals surface area contributed by atoms with E-state index in [1.807, 2.05) is 49.6 Å². The number of carbonyl (C=O) groups is 1. The fraction of sp³-hybridized carbons (Fsp3) is 0.136. The van der Waals surface area contributed by atoms with Crippen molar-refractivity contribution in [3.63, 3.8) is 0 Å². The summed E-state index contributed by atoms with van der Waals surface area (Å²) in [6, 6.07) is 14.5. The first-order valence-electron chi connectivity index (χ1n) is 9.26. The number of rotatable bonds is 5. The third kappa shape index (κ3) is 3.99. The van der Waals surface area contributed by atoms with Crippen LogP contribution in [0.3, 0.4) is 0 Å². The number of aromatic nitrogens is 3. The van der Waals surface area contributed by atoms with E-state index >= 15 is 0 Å². The van der Waals surface area contributed by atoms with Crippen LogP contribution >= 0.6 is 34.5 Å². The van der Waals surface area contributed by atoms with E-state index < -0.39 is 0 Å². The van der Waals surface area contributed by atoms with Crippen molar-refractivity contribution in [3.8, 4) is 16.3 Å². The molecule has 0 spiro atoms. The van der Waals surface area contributed by atoms with E-state index in [1.54, 1.807) is 40.4 Å². The number of thiophene rings is 1. The van der Waals surface area contributed by atoms with Crippen LogP contribution in [0.15, 0.2) is 60.1 Å². The Kier molecular flexibility index (Phi) is 5.90. The van der Waals surface area contributed by atoms with Crippen molar-refractivity contribution in [3.05, 3.63) is 87.1 Å². The maximum atomic E-state index is 13.1. The van der Waals surface area contributed by atoms with Gasteiger partial charge in [-0.15, -0.1) is 11.3 Å². The lowest BCUT2D eigenvalue weighted by molar-refractivity contribution is 0.0933. The normalized spacial score (nSPS) is 12.0. The van der Waals surface area contributed by atoms with Gasteiger partial charge in [-0.25, -0.2) is 4.68 Å². The zero-order chi connectivity index (χ0) is 21.3. The minimum absolute atomic E-state index is 0.257. The smallest absolute Gasteiger partial charge is 0.272 e. The number of hydrogen-bond acceptors (Lipinski definition) is 4. The number of pyridine rings is 1. The maximum Gasteiger partial charge on any atom is 0.272 e. The summed E-state index contributed by atoms with van der Waals surface area (Å²) >= 11 is 14.1. The number of hydrogen-bond donors (Lipinski definition) is 1. The van der Waals surface area contributed by atoms with E-state index in [2.05, 4.69) is 15.4 Å². The molecular formula is C22H18Cl2N4OS. The summed E-state index contributed by atoms with van der Waals surface area (Å²) in [5, 5.41) is 10.6. The summed E-state index contributed by atoms with van der Waals surface area (Å²) < 4.78 is 1.71. The molecule has 0 aliphatic carbocycles. The van der Waals surface area contributed by atoms with E-state index in [1.165, 1.54) is 0 Å². The van der Waals surface area contributed by atoms with E-state index in [0.29, 0.717) is 21.4 Å². The van der Waals surface area contributed by atoms with Gasteiger partial charge in [0.1, 0.15) is 0 Å². The third-order valence-corrected chi connectivity index (χ3v) is 6.12. The molecule has 1 amide bonds. The standard InChI is InChI=1S/C22H18Cl2N4OS/c1-13-20(22(29)26-14(2)17-6-3-4-10-25-17)27-28(21(13)19-7-5-11-30-19)18-9-8-15(23)12-16(18)24/h3-12,14H,1-2H3,(H,26,29)/t14-/m0/s1. The first-order chi connectivity index (χ1) is 14.5. The Morgan fingerprint density at radius 3 is 2.67 bits per heavy atom. The second kappa shape index (κ2) is 8.60. The van der Waals surface area contributed by atoms with E-state index in [-0.39, 0.29) is 11.9 Å². The lowest BCUT2D eigenvalue weighted by atomic mass is 10.1. The monoisotopic (exact) mass is 456 g/mol. The number of nitrogens with one attached hydrogen (secondary N) is 1. The van der Waals surface area contributed by atoms with Crippen LogP contribution in [0.25, 0.3) is 16.3 Å². The molecule has 0 aliphatic heterocycles. The number of nitrogens with zero attached hydrogens (tertiary/aromatic N) is 3. The molecule has 0 saturated carbocycles.